The summed E-state index contributed by atoms with van der Waals surface area (Å²) < 4.78 is 5.53. The van der Waals surface area contributed by atoms with Gasteiger partial charge in [0, 0.05) is 37.3 Å². The molecule has 0 aromatic carbocycles. The zero-order chi connectivity index (χ0) is 21.5. The minimum atomic E-state index is 0.0459. The van der Waals surface area contributed by atoms with E-state index in [4.69, 9.17) is 9.73 Å². The maximum atomic E-state index is 5.53. The molecule has 3 heterocycles. The maximum absolute atomic E-state index is 5.53. The number of nitrogens with zero attached hydrogens (tertiary/aromatic N) is 4. The SMILES string of the molecule is CCNC(=NCC(C)(C)N1CCOCC1)NCC1(N2CCCCC2)CCN(C)CC1. The van der Waals surface area contributed by atoms with E-state index >= 15 is 0 Å². The molecule has 2 N–H and O–H groups in total. The fourth-order valence-corrected chi connectivity index (χ4v) is 5.14. The van der Waals surface area contributed by atoms with Crippen LogP contribution in [0.5, 0.6) is 0 Å². The molecule has 7 nitrogen and oxygen atoms in total. The van der Waals surface area contributed by atoms with Gasteiger partial charge in [0.2, 0.25) is 0 Å². The number of rotatable bonds is 7. The first-order chi connectivity index (χ1) is 14.5. The molecule has 174 valence electrons. The Kier molecular flexibility index (Phi) is 8.81. The Morgan fingerprint density at radius 1 is 0.967 bits per heavy atom. The van der Waals surface area contributed by atoms with Crippen LogP contribution < -0.4 is 10.6 Å². The van der Waals surface area contributed by atoms with Crippen molar-refractivity contribution in [3.05, 3.63) is 0 Å². The molecule has 0 spiro atoms. The van der Waals surface area contributed by atoms with Crippen molar-refractivity contribution in [1.82, 2.24) is 25.3 Å². The molecular formula is C23H46N6O. The van der Waals surface area contributed by atoms with Gasteiger partial charge >= 0.3 is 0 Å². The maximum Gasteiger partial charge on any atom is 0.191 e. The fraction of sp³-hybridized carbons (Fsp3) is 0.957. The van der Waals surface area contributed by atoms with Gasteiger partial charge in [-0.05, 0) is 79.7 Å². The van der Waals surface area contributed by atoms with Gasteiger partial charge in [0.05, 0.1) is 19.8 Å². The molecule has 0 aromatic heterocycles. The molecule has 3 aliphatic heterocycles. The smallest absolute Gasteiger partial charge is 0.191 e. The predicted molar refractivity (Wildman–Crippen MR) is 125 cm³/mol. The Hall–Kier alpha value is -0.890. The van der Waals surface area contributed by atoms with Crippen molar-refractivity contribution in [2.24, 2.45) is 4.99 Å². The number of hydrogen-bond acceptors (Lipinski definition) is 5. The molecule has 3 saturated heterocycles. The highest BCUT2D eigenvalue weighted by molar-refractivity contribution is 5.79. The third kappa shape index (κ3) is 6.31. The summed E-state index contributed by atoms with van der Waals surface area (Å²) >= 11 is 0. The summed E-state index contributed by atoms with van der Waals surface area (Å²) in [7, 11) is 2.26. The van der Waals surface area contributed by atoms with E-state index in [9.17, 15) is 0 Å². The number of likely N-dealkylation sites (tertiary alicyclic amines) is 2. The predicted octanol–water partition coefficient (Wildman–Crippen LogP) is 1.60. The number of ether oxygens (including phenoxy) is 1. The van der Waals surface area contributed by atoms with Crippen LogP contribution in [0.25, 0.3) is 0 Å². The standard InChI is InChI=1S/C23H46N6O/c1-5-24-21(25-19-22(2,3)28-15-17-30-18-16-28)26-20-23(9-13-27(4)14-10-23)29-11-7-6-8-12-29/h5-20H2,1-4H3,(H2,24,25,26). The Labute approximate surface area is 184 Å². The summed E-state index contributed by atoms with van der Waals surface area (Å²) in [5.41, 5.74) is 0.313. The summed E-state index contributed by atoms with van der Waals surface area (Å²) in [5.74, 6) is 0.967. The summed E-state index contributed by atoms with van der Waals surface area (Å²) in [5, 5.41) is 7.25. The van der Waals surface area contributed by atoms with Crippen molar-refractivity contribution < 1.29 is 4.74 Å². The quantitative estimate of drug-likeness (QED) is 0.480. The summed E-state index contributed by atoms with van der Waals surface area (Å²) in [6.07, 6.45) is 6.57. The molecule has 3 fully saturated rings. The van der Waals surface area contributed by atoms with Crippen LogP contribution in [0.4, 0.5) is 0 Å². The van der Waals surface area contributed by atoms with Crippen molar-refractivity contribution in [3.8, 4) is 0 Å². The van der Waals surface area contributed by atoms with E-state index < -0.39 is 0 Å². The van der Waals surface area contributed by atoms with E-state index in [0.29, 0.717) is 0 Å². The lowest BCUT2D eigenvalue weighted by molar-refractivity contribution is -0.00687. The molecule has 3 aliphatic rings. The monoisotopic (exact) mass is 422 g/mol. The first-order valence-corrected chi connectivity index (χ1v) is 12.2. The average Bonchev–Trinajstić information content (AvgIpc) is 2.78. The molecular weight excluding hydrogens is 376 g/mol. The third-order valence-corrected chi connectivity index (χ3v) is 7.37. The van der Waals surface area contributed by atoms with Crippen LogP contribution in [0.3, 0.4) is 0 Å². The van der Waals surface area contributed by atoms with E-state index in [0.717, 1.165) is 51.9 Å². The van der Waals surface area contributed by atoms with Crippen molar-refractivity contribution >= 4 is 5.96 Å². The van der Waals surface area contributed by atoms with Crippen molar-refractivity contribution in [2.45, 2.75) is 64.0 Å². The Balaban J connectivity index is 1.63. The van der Waals surface area contributed by atoms with Crippen molar-refractivity contribution in [3.63, 3.8) is 0 Å². The first kappa shape index (κ1) is 23.8. The van der Waals surface area contributed by atoms with Crippen LogP contribution in [0.1, 0.15) is 52.9 Å². The van der Waals surface area contributed by atoms with Gasteiger partial charge in [-0.25, -0.2) is 0 Å². The van der Waals surface area contributed by atoms with E-state index in [1.807, 2.05) is 0 Å². The van der Waals surface area contributed by atoms with Crippen molar-refractivity contribution in [1.29, 1.82) is 0 Å². The highest BCUT2D eigenvalue weighted by Gasteiger charge is 2.39. The number of piperidine rings is 2. The zero-order valence-electron chi connectivity index (χ0n) is 20.0. The van der Waals surface area contributed by atoms with Gasteiger partial charge in [0.1, 0.15) is 0 Å². The molecule has 30 heavy (non-hydrogen) atoms. The van der Waals surface area contributed by atoms with Gasteiger partial charge < -0.3 is 20.3 Å². The van der Waals surface area contributed by atoms with E-state index in [2.05, 4.69) is 53.2 Å². The van der Waals surface area contributed by atoms with E-state index in [-0.39, 0.29) is 11.1 Å². The van der Waals surface area contributed by atoms with Crippen LogP contribution in [-0.4, -0.2) is 111 Å². The molecule has 0 atom stereocenters. The first-order valence-electron chi connectivity index (χ1n) is 12.2. The number of hydrogen-bond donors (Lipinski definition) is 2. The van der Waals surface area contributed by atoms with Gasteiger partial charge in [-0.15, -0.1) is 0 Å². The number of nitrogens with one attached hydrogen (secondary N) is 2. The largest absolute Gasteiger partial charge is 0.379 e. The molecule has 0 bridgehead atoms. The Morgan fingerprint density at radius 3 is 2.27 bits per heavy atom. The van der Waals surface area contributed by atoms with Crippen LogP contribution in [0.2, 0.25) is 0 Å². The third-order valence-electron chi connectivity index (χ3n) is 7.37. The summed E-state index contributed by atoms with van der Waals surface area (Å²) in [6, 6.07) is 0. The second-order valence-corrected chi connectivity index (χ2v) is 10.0. The van der Waals surface area contributed by atoms with Crippen LogP contribution in [0.15, 0.2) is 4.99 Å². The van der Waals surface area contributed by atoms with Gasteiger partial charge in [-0.2, -0.15) is 0 Å². The second kappa shape index (κ2) is 11.1. The van der Waals surface area contributed by atoms with E-state index in [1.165, 1.54) is 58.3 Å². The van der Waals surface area contributed by atoms with E-state index in [1.54, 1.807) is 0 Å². The lowest BCUT2D eigenvalue weighted by Crippen LogP contribution is -2.62. The van der Waals surface area contributed by atoms with Crippen molar-refractivity contribution in [2.75, 3.05) is 79.2 Å². The highest BCUT2D eigenvalue weighted by atomic mass is 16.5. The number of guanidine groups is 1. The summed E-state index contributed by atoms with van der Waals surface area (Å²) in [6.45, 7) is 18.0. The zero-order valence-corrected chi connectivity index (χ0v) is 20.0. The molecule has 0 unspecified atom stereocenters. The molecule has 0 aromatic rings. The van der Waals surface area contributed by atoms with Crippen LogP contribution in [-0.2, 0) is 4.74 Å². The summed E-state index contributed by atoms with van der Waals surface area (Å²) in [4.78, 5) is 12.8. The topological polar surface area (TPSA) is 55.4 Å². The Bertz CT molecular complexity index is 532. The van der Waals surface area contributed by atoms with Gasteiger partial charge in [-0.1, -0.05) is 6.42 Å². The number of morpholine rings is 1. The lowest BCUT2D eigenvalue weighted by atomic mass is 9.84. The lowest BCUT2D eigenvalue weighted by Gasteiger charge is -2.50. The normalized spacial score (nSPS) is 25.3. The molecule has 7 heteroatoms. The molecule has 0 amide bonds. The fourth-order valence-electron chi connectivity index (χ4n) is 5.14. The molecule has 0 aliphatic carbocycles. The minimum Gasteiger partial charge on any atom is -0.379 e. The molecule has 0 saturated carbocycles. The average molecular weight is 423 g/mol. The van der Waals surface area contributed by atoms with Crippen LogP contribution in [0, 0.1) is 0 Å². The minimum absolute atomic E-state index is 0.0459. The molecule has 3 rings (SSSR count). The van der Waals surface area contributed by atoms with Gasteiger partial charge in [-0.3, -0.25) is 14.8 Å². The van der Waals surface area contributed by atoms with Crippen LogP contribution >= 0.6 is 0 Å². The molecule has 0 radical (unpaired) electrons. The van der Waals surface area contributed by atoms with Gasteiger partial charge in [0.25, 0.3) is 0 Å². The second-order valence-electron chi connectivity index (χ2n) is 10.0. The van der Waals surface area contributed by atoms with Gasteiger partial charge in [0.15, 0.2) is 5.96 Å². The Morgan fingerprint density at radius 2 is 1.63 bits per heavy atom. The highest BCUT2D eigenvalue weighted by Crippen LogP contribution is 2.30. The number of aliphatic imine (C=N–C) groups is 1.